The quantitative estimate of drug-likeness (QED) is 0.176. The number of hydrogen-bond acceptors (Lipinski definition) is 7. The summed E-state index contributed by atoms with van der Waals surface area (Å²) in [5, 5.41) is 38.3. The number of rotatable bonds is 13. The lowest BCUT2D eigenvalue weighted by atomic mass is 10.0. The first kappa shape index (κ1) is 27.7. The Bertz CT molecular complexity index is 902. The zero-order chi connectivity index (χ0) is 26.0. The van der Waals surface area contributed by atoms with E-state index < -0.39 is 66.4 Å². The van der Waals surface area contributed by atoms with E-state index in [0.717, 1.165) is 6.42 Å². The fourth-order valence-electron chi connectivity index (χ4n) is 3.69. The van der Waals surface area contributed by atoms with Crippen molar-refractivity contribution in [3.8, 4) is 0 Å². The molecule has 7 N–H and O–H groups in total. The van der Waals surface area contributed by atoms with Gasteiger partial charge in [-0.15, -0.1) is 0 Å². The van der Waals surface area contributed by atoms with Crippen LogP contribution in [0.4, 0.5) is 0 Å². The second-order valence-corrected chi connectivity index (χ2v) is 8.46. The highest BCUT2D eigenvalue weighted by molar-refractivity contribution is 5.94. The number of carbonyl (C=O) groups is 5. The van der Waals surface area contributed by atoms with Crippen LogP contribution in [0.1, 0.15) is 38.2 Å². The molecule has 3 amide bonds. The molecule has 0 saturated carbocycles. The highest BCUT2D eigenvalue weighted by atomic mass is 16.4. The van der Waals surface area contributed by atoms with Gasteiger partial charge in [-0.1, -0.05) is 30.3 Å². The van der Waals surface area contributed by atoms with E-state index in [-0.39, 0.29) is 12.8 Å². The summed E-state index contributed by atoms with van der Waals surface area (Å²) in [6.45, 7) is 1.86. The van der Waals surface area contributed by atoms with E-state index >= 15 is 0 Å². The second kappa shape index (κ2) is 13.4. The highest BCUT2D eigenvalue weighted by Gasteiger charge is 2.33. The Labute approximate surface area is 202 Å². The molecule has 192 valence electrons. The third kappa shape index (κ3) is 8.98. The van der Waals surface area contributed by atoms with Crippen LogP contribution in [0.15, 0.2) is 30.3 Å². The number of carboxylic acid groups (broad SMARTS) is 2. The zero-order valence-electron chi connectivity index (χ0n) is 19.4. The van der Waals surface area contributed by atoms with E-state index in [9.17, 15) is 34.2 Å². The molecule has 1 aromatic carbocycles. The molecule has 5 unspecified atom stereocenters. The van der Waals surface area contributed by atoms with Crippen molar-refractivity contribution in [3.05, 3.63) is 35.9 Å². The number of aliphatic carboxylic acids is 2. The Morgan fingerprint density at radius 1 is 1.00 bits per heavy atom. The van der Waals surface area contributed by atoms with Crippen LogP contribution in [0, 0.1) is 0 Å². The molecular weight excluding hydrogens is 460 g/mol. The minimum absolute atomic E-state index is 0.00562. The van der Waals surface area contributed by atoms with Crippen molar-refractivity contribution in [1.29, 1.82) is 0 Å². The lowest BCUT2D eigenvalue weighted by Gasteiger charge is -2.25. The van der Waals surface area contributed by atoms with Gasteiger partial charge in [0.2, 0.25) is 17.7 Å². The molecule has 12 nitrogen and oxygen atoms in total. The number of benzene rings is 1. The van der Waals surface area contributed by atoms with Crippen molar-refractivity contribution in [2.75, 3.05) is 6.54 Å². The standard InChI is InChI=1S/C23H32N4O8/c1-13(28)19(23(34)35)27-22(33)17(12-14-6-3-2-4-7-14)26-21(32)16(9-10-18(29)30)25-20(31)15-8-5-11-24-15/h2-4,6-7,13,15-17,19,24,28H,5,8-12H2,1H3,(H,25,31)(H,26,32)(H,27,33)(H,29,30)(H,34,35). The van der Waals surface area contributed by atoms with Crippen LogP contribution in [-0.4, -0.2) is 81.8 Å². The van der Waals surface area contributed by atoms with Gasteiger partial charge in [-0.05, 0) is 38.3 Å². The number of nitrogens with one attached hydrogen (secondary N) is 4. The summed E-state index contributed by atoms with van der Waals surface area (Å²) < 4.78 is 0. The molecule has 5 atom stereocenters. The van der Waals surface area contributed by atoms with Gasteiger partial charge < -0.3 is 36.6 Å². The average molecular weight is 493 g/mol. The number of amides is 3. The summed E-state index contributed by atoms with van der Waals surface area (Å²) in [6.07, 6.45) is -0.634. The first-order chi connectivity index (χ1) is 16.6. The summed E-state index contributed by atoms with van der Waals surface area (Å²) in [7, 11) is 0. The summed E-state index contributed by atoms with van der Waals surface area (Å²) in [4.78, 5) is 61.0. The molecule has 0 spiro atoms. The monoisotopic (exact) mass is 492 g/mol. The van der Waals surface area contributed by atoms with E-state index in [1.165, 1.54) is 6.92 Å². The van der Waals surface area contributed by atoms with Crippen molar-refractivity contribution < 1.29 is 39.3 Å². The van der Waals surface area contributed by atoms with Crippen molar-refractivity contribution in [1.82, 2.24) is 21.3 Å². The van der Waals surface area contributed by atoms with Crippen LogP contribution in [0.25, 0.3) is 0 Å². The lowest BCUT2D eigenvalue weighted by Crippen LogP contribution is -2.58. The molecule has 12 heteroatoms. The lowest BCUT2D eigenvalue weighted by molar-refractivity contribution is -0.145. The smallest absolute Gasteiger partial charge is 0.328 e. The molecule has 1 aliphatic rings. The van der Waals surface area contributed by atoms with Gasteiger partial charge in [0.15, 0.2) is 6.04 Å². The maximum absolute atomic E-state index is 13.1. The predicted octanol–water partition coefficient (Wildman–Crippen LogP) is -1.23. The Hall–Kier alpha value is -3.51. The van der Waals surface area contributed by atoms with E-state index in [4.69, 9.17) is 5.11 Å². The number of aliphatic hydroxyl groups is 1. The van der Waals surface area contributed by atoms with Crippen molar-refractivity contribution in [2.45, 2.75) is 69.3 Å². The van der Waals surface area contributed by atoms with Crippen LogP contribution in [0.2, 0.25) is 0 Å². The normalized spacial score (nSPS) is 18.5. The molecule has 0 aliphatic carbocycles. The van der Waals surface area contributed by atoms with Crippen LogP contribution in [-0.2, 0) is 30.4 Å². The van der Waals surface area contributed by atoms with Crippen LogP contribution >= 0.6 is 0 Å². The predicted molar refractivity (Wildman–Crippen MR) is 123 cm³/mol. The number of carboxylic acids is 2. The van der Waals surface area contributed by atoms with Gasteiger partial charge in [0.25, 0.3) is 0 Å². The maximum Gasteiger partial charge on any atom is 0.328 e. The van der Waals surface area contributed by atoms with Gasteiger partial charge in [0, 0.05) is 12.8 Å². The second-order valence-electron chi connectivity index (χ2n) is 8.46. The molecule has 1 heterocycles. The van der Waals surface area contributed by atoms with Crippen LogP contribution in [0.3, 0.4) is 0 Å². The molecule has 1 aliphatic heterocycles. The van der Waals surface area contributed by atoms with Gasteiger partial charge in [-0.2, -0.15) is 0 Å². The first-order valence-electron chi connectivity index (χ1n) is 11.4. The molecule has 2 rings (SSSR count). The number of hydrogen-bond donors (Lipinski definition) is 7. The largest absolute Gasteiger partial charge is 0.481 e. The molecule has 0 bridgehead atoms. The molecule has 0 radical (unpaired) electrons. The molecule has 1 fully saturated rings. The summed E-state index contributed by atoms with van der Waals surface area (Å²) in [5.41, 5.74) is 0.665. The highest BCUT2D eigenvalue weighted by Crippen LogP contribution is 2.09. The fraction of sp³-hybridized carbons (Fsp3) is 0.522. The van der Waals surface area contributed by atoms with E-state index in [2.05, 4.69) is 21.3 Å². The maximum atomic E-state index is 13.1. The van der Waals surface area contributed by atoms with E-state index in [1.54, 1.807) is 30.3 Å². The molecule has 1 aromatic rings. The molecule has 1 saturated heterocycles. The third-order valence-electron chi connectivity index (χ3n) is 5.62. The summed E-state index contributed by atoms with van der Waals surface area (Å²) in [6, 6.07) is 4.07. The Kier molecular flexibility index (Phi) is 10.6. The van der Waals surface area contributed by atoms with Crippen LogP contribution in [0.5, 0.6) is 0 Å². The topological polar surface area (TPSA) is 194 Å². The fourth-order valence-corrected chi connectivity index (χ4v) is 3.69. The first-order valence-corrected chi connectivity index (χ1v) is 11.4. The Balaban J connectivity index is 2.20. The summed E-state index contributed by atoms with van der Waals surface area (Å²) in [5.74, 6) is -4.68. The Morgan fingerprint density at radius 3 is 2.20 bits per heavy atom. The minimum atomic E-state index is -1.60. The number of carbonyl (C=O) groups excluding carboxylic acids is 3. The van der Waals surface area contributed by atoms with Gasteiger partial charge in [-0.3, -0.25) is 19.2 Å². The minimum Gasteiger partial charge on any atom is -0.481 e. The summed E-state index contributed by atoms with van der Waals surface area (Å²) >= 11 is 0. The third-order valence-corrected chi connectivity index (χ3v) is 5.62. The van der Waals surface area contributed by atoms with E-state index in [0.29, 0.717) is 18.5 Å². The van der Waals surface area contributed by atoms with Gasteiger partial charge in [0.05, 0.1) is 12.1 Å². The SMILES string of the molecule is CC(O)C(NC(=O)C(Cc1ccccc1)NC(=O)C(CCC(=O)O)NC(=O)C1CCCN1)C(=O)O. The average Bonchev–Trinajstić information content (AvgIpc) is 3.34. The zero-order valence-corrected chi connectivity index (χ0v) is 19.4. The van der Waals surface area contributed by atoms with Gasteiger partial charge in [0.1, 0.15) is 12.1 Å². The molecule has 35 heavy (non-hydrogen) atoms. The van der Waals surface area contributed by atoms with Crippen molar-refractivity contribution in [3.63, 3.8) is 0 Å². The number of aliphatic hydroxyl groups excluding tert-OH is 1. The molecule has 0 aromatic heterocycles. The van der Waals surface area contributed by atoms with Gasteiger partial charge >= 0.3 is 11.9 Å². The molecular formula is C23H32N4O8. The van der Waals surface area contributed by atoms with E-state index in [1.807, 2.05) is 0 Å². The van der Waals surface area contributed by atoms with Crippen molar-refractivity contribution >= 4 is 29.7 Å². The van der Waals surface area contributed by atoms with Crippen LogP contribution < -0.4 is 21.3 Å². The van der Waals surface area contributed by atoms with Gasteiger partial charge in [-0.25, -0.2) is 4.79 Å². The van der Waals surface area contributed by atoms with Crippen molar-refractivity contribution in [2.24, 2.45) is 0 Å². The Morgan fingerprint density at radius 2 is 1.66 bits per heavy atom.